The number of piperidine rings is 1. The Bertz CT molecular complexity index is 921. The van der Waals surface area contributed by atoms with Crippen molar-refractivity contribution in [1.82, 2.24) is 19.7 Å². The van der Waals surface area contributed by atoms with Crippen LogP contribution < -0.4 is 0 Å². The van der Waals surface area contributed by atoms with E-state index >= 15 is 0 Å². The molecule has 6 nitrogen and oxygen atoms in total. The lowest BCUT2D eigenvalue weighted by molar-refractivity contribution is -0.130. The third-order valence-corrected chi connectivity index (χ3v) is 6.03. The predicted octanol–water partition coefficient (Wildman–Crippen LogP) is 3.82. The van der Waals surface area contributed by atoms with Gasteiger partial charge in [0.15, 0.2) is 16.7 Å². The molecule has 142 valence electrons. The van der Waals surface area contributed by atoms with Crippen LogP contribution in [-0.4, -0.2) is 44.4 Å². The number of benzene rings is 1. The summed E-state index contributed by atoms with van der Waals surface area (Å²) in [6.45, 7) is 6.14. The average molecular weight is 385 g/mol. The van der Waals surface area contributed by atoms with Crippen LogP contribution in [0, 0.1) is 11.8 Å². The molecule has 3 heterocycles. The molecule has 1 amide bonds. The molecule has 3 aromatic rings. The van der Waals surface area contributed by atoms with E-state index in [1.165, 1.54) is 18.2 Å². The number of hydrogen-bond acceptors (Lipinski definition) is 5. The molecule has 1 aliphatic rings. The van der Waals surface area contributed by atoms with Gasteiger partial charge in [-0.05, 0) is 30.4 Å². The Kier molecular flexibility index (Phi) is 4.95. The molecule has 1 saturated heterocycles. The van der Waals surface area contributed by atoms with Crippen molar-refractivity contribution in [3.63, 3.8) is 0 Å². The fourth-order valence-electron chi connectivity index (χ4n) is 3.83. The Morgan fingerprint density at radius 1 is 1.22 bits per heavy atom. The van der Waals surface area contributed by atoms with Gasteiger partial charge in [0.2, 0.25) is 5.91 Å². The molecule has 0 radical (unpaired) electrons. The molecule has 0 saturated carbocycles. The summed E-state index contributed by atoms with van der Waals surface area (Å²) in [4.78, 5) is 14.6. The van der Waals surface area contributed by atoms with E-state index in [0.29, 0.717) is 29.2 Å². The molecular formula is C20H24N4O2S. The first-order valence-electron chi connectivity index (χ1n) is 9.30. The number of carbonyl (C=O) groups is 1. The first kappa shape index (κ1) is 18.1. The number of fused-ring (bicyclic) bond motifs is 1. The van der Waals surface area contributed by atoms with Gasteiger partial charge in [0, 0.05) is 25.5 Å². The smallest absolute Gasteiger partial charge is 0.233 e. The van der Waals surface area contributed by atoms with Crippen LogP contribution in [0.3, 0.4) is 0 Å². The molecule has 0 N–H and O–H groups in total. The molecule has 0 aliphatic carbocycles. The van der Waals surface area contributed by atoms with E-state index in [0.717, 1.165) is 29.2 Å². The number of amides is 1. The van der Waals surface area contributed by atoms with E-state index in [9.17, 15) is 4.79 Å². The van der Waals surface area contributed by atoms with Crippen LogP contribution in [0.1, 0.15) is 20.3 Å². The summed E-state index contributed by atoms with van der Waals surface area (Å²) in [5.41, 5.74) is 0.827. The molecule has 1 fully saturated rings. The van der Waals surface area contributed by atoms with Crippen LogP contribution in [0.4, 0.5) is 0 Å². The highest BCUT2D eigenvalue weighted by molar-refractivity contribution is 7.99. The number of furan rings is 1. The van der Waals surface area contributed by atoms with Gasteiger partial charge in [0.25, 0.3) is 0 Å². The molecule has 1 aromatic carbocycles. The number of rotatable bonds is 4. The minimum absolute atomic E-state index is 0.173. The fourth-order valence-corrected chi connectivity index (χ4v) is 4.65. The van der Waals surface area contributed by atoms with Gasteiger partial charge >= 0.3 is 0 Å². The number of nitrogens with zero attached hydrogens (tertiary/aromatic N) is 4. The maximum absolute atomic E-state index is 12.6. The molecule has 0 bridgehead atoms. The van der Waals surface area contributed by atoms with Gasteiger partial charge in [0.05, 0.1) is 5.75 Å². The minimum atomic E-state index is 0.173. The lowest BCUT2D eigenvalue weighted by Gasteiger charge is -2.34. The van der Waals surface area contributed by atoms with E-state index < -0.39 is 0 Å². The van der Waals surface area contributed by atoms with Crippen LogP contribution in [0.15, 0.2) is 39.9 Å². The number of carbonyl (C=O) groups excluding carboxylic acids is 1. The Morgan fingerprint density at radius 2 is 1.96 bits per heavy atom. The Hall–Kier alpha value is -2.28. The van der Waals surface area contributed by atoms with Crippen molar-refractivity contribution in [3.05, 3.63) is 30.3 Å². The summed E-state index contributed by atoms with van der Waals surface area (Å²) >= 11 is 1.43. The van der Waals surface area contributed by atoms with Crippen LogP contribution in [0.25, 0.3) is 22.6 Å². The minimum Gasteiger partial charge on any atom is -0.453 e. The topological polar surface area (TPSA) is 64.2 Å². The van der Waals surface area contributed by atoms with Crippen LogP contribution in [0.2, 0.25) is 0 Å². The highest BCUT2D eigenvalue weighted by Gasteiger charge is 2.26. The van der Waals surface area contributed by atoms with Crippen molar-refractivity contribution in [2.75, 3.05) is 18.8 Å². The summed E-state index contributed by atoms with van der Waals surface area (Å²) in [5, 5.41) is 10.3. The van der Waals surface area contributed by atoms with Crippen LogP contribution in [-0.2, 0) is 11.8 Å². The zero-order chi connectivity index (χ0) is 19.0. The third kappa shape index (κ3) is 3.74. The molecule has 1 aliphatic heterocycles. The fraction of sp³-hybridized carbons (Fsp3) is 0.450. The van der Waals surface area contributed by atoms with Crippen molar-refractivity contribution < 1.29 is 9.21 Å². The summed E-state index contributed by atoms with van der Waals surface area (Å²) in [7, 11) is 1.90. The predicted molar refractivity (Wildman–Crippen MR) is 106 cm³/mol. The van der Waals surface area contributed by atoms with E-state index in [4.69, 9.17) is 4.42 Å². The number of hydrogen-bond donors (Lipinski definition) is 0. The molecule has 2 atom stereocenters. The highest BCUT2D eigenvalue weighted by Crippen LogP contribution is 2.29. The zero-order valence-electron chi connectivity index (χ0n) is 15.9. The van der Waals surface area contributed by atoms with E-state index in [1.807, 2.05) is 46.8 Å². The quantitative estimate of drug-likeness (QED) is 0.640. The number of thioether (sulfide) groups is 1. The highest BCUT2D eigenvalue weighted by atomic mass is 32.2. The summed E-state index contributed by atoms with van der Waals surface area (Å²) in [6, 6.07) is 9.84. The van der Waals surface area contributed by atoms with Crippen LogP contribution >= 0.6 is 11.8 Å². The van der Waals surface area contributed by atoms with Gasteiger partial charge in [-0.25, -0.2) is 0 Å². The summed E-state index contributed by atoms with van der Waals surface area (Å²) in [6.07, 6.45) is 1.20. The molecule has 0 unspecified atom stereocenters. The van der Waals surface area contributed by atoms with Crippen LogP contribution in [0.5, 0.6) is 0 Å². The SMILES string of the molecule is C[C@@H]1C[C@H](C)CN(C(=O)CSc2nnc(-c3cc4ccccc4o3)n2C)C1. The molecule has 4 rings (SSSR count). The standard InChI is InChI=1S/C20H24N4O2S/c1-13-8-14(2)11-24(10-13)18(25)12-27-20-22-21-19(23(20)3)17-9-15-6-4-5-7-16(15)26-17/h4-7,9,13-14H,8,10-12H2,1-3H3/t13-,14+. The molecule has 2 aromatic heterocycles. The molecule has 7 heteroatoms. The van der Waals surface area contributed by atoms with E-state index in [-0.39, 0.29) is 5.91 Å². The van der Waals surface area contributed by atoms with Gasteiger partial charge in [-0.2, -0.15) is 0 Å². The molecular weight excluding hydrogens is 360 g/mol. The first-order chi connectivity index (χ1) is 13.0. The average Bonchev–Trinajstić information content (AvgIpc) is 3.22. The number of aromatic nitrogens is 3. The first-order valence-corrected chi connectivity index (χ1v) is 10.3. The summed E-state index contributed by atoms with van der Waals surface area (Å²) in [5.74, 6) is 3.04. The van der Waals surface area contributed by atoms with Crippen molar-refractivity contribution in [2.24, 2.45) is 18.9 Å². The van der Waals surface area contributed by atoms with Crippen molar-refractivity contribution in [1.29, 1.82) is 0 Å². The Labute approximate surface area is 162 Å². The van der Waals surface area contributed by atoms with E-state index in [1.54, 1.807) is 0 Å². The Morgan fingerprint density at radius 3 is 2.70 bits per heavy atom. The third-order valence-electron chi connectivity index (χ3n) is 5.03. The lowest BCUT2D eigenvalue weighted by Crippen LogP contribution is -2.43. The zero-order valence-corrected chi connectivity index (χ0v) is 16.7. The second-order valence-electron chi connectivity index (χ2n) is 7.55. The monoisotopic (exact) mass is 384 g/mol. The van der Waals surface area contributed by atoms with Crippen molar-refractivity contribution in [3.8, 4) is 11.6 Å². The second-order valence-corrected chi connectivity index (χ2v) is 8.49. The number of para-hydroxylation sites is 1. The van der Waals surface area contributed by atoms with Gasteiger partial charge in [-0.15, -0.1) is 10.2 Å². The van der Waals surface area contributed by atoms with E-state index in [2.05, 4.69) is 24.0 Å². The number of likely N-dealkylation sites (tertiary alicyclic amines) is 1. The summed E-state index contributed by atoms with van der Waals surface area (Å²) < 4.78 is 7.77. The van der Waals surface area contributed by atoms with Gasteiger partial charge in [-0.3, -0.25) is 4.79 Å². The van der Waals surface area contributed by atoms with Gasteiger partial charge < -0.3 is 13.9 Å². The largest absolute Gasteiger partial charge is 0.453 e. The maximum Gasteiger partial charge on any atom is 0.233 e. The van der Waals surface area contributed by atoms with Crippen molar-refractivity contribution in [2.45, 2.75) is 25.4 Å². The molecule has 27 heavy (non-hydrogen) atoms. The maximum atomic E-state index is 12.6. The normalized spacial score (nSPS) is 20.3. The molecule has 0 spiro atoms. The van der Waals surface area contributed by atoms with Gasteiger partial charge in [0.1, 0.15) is 5.58 Å². The van der Waals surface area contributed by atoms with Crippen molar-refractivity contribution >= 4 is 28.6 Å². The Balaban J connectivity index is 1.45. The van der Waals surface area contributed by atoms with Gasteiger partial charge in [-0.1, -0.05) is 43.8 Å². The lowest BCUT2D eigenvalue weighted by atomic mass is 9.92. The second kappa shape index (κ2) is 7.38.